The van der Waals surface area contributed by atoms with Crippen LogP contribution in [0.15, 0.2) is 53.4 Å². The second-order valence-corrected chi connectivity index (χ2v) is 8.23. The maximum Gasteiger partial charge on any atom is 0.240 e. The topological polar surface area (TPSA) is 49.4 Å². The minimum atomic E-state index is -3.66. The van der Waals surface area contributed by atoms with Gasteiger partial charge in [-0.1, -0.05) is 35.9 Å². The Kier molecular flexibility index (Phi) is 5.74. The van der Waals surface area contributed by atoms with E-state index in [2.05, 4.69) is 9.62 Å². The van der Waals surface area contributed by atoms with E-state index in [0.29, 0.717) is 10.6 Å². The standard InChI is InChI=1S/C18H20ClFN2O2S/c19-15-9-6-10-16(20)18(15)17(22-11-4-5-12-22)13-21-25(23,24)14-7-2-1-3-8-14/h1-3,6-10,17,21H,4-5,11-13H2/t17-/m0/s1. The van der Waals surface area contributed by atoms with Crippen molar-refractivity contribution in [1.82, 2.24) is 9.62 Å². The van der Waals surface area contributed by atoms with E-state index in [1.807, 2.05) is 0 Å². The average Bonchev–Trinajstić information content (AvgIpc) is 3.12. The van der Waals surface area contributed by atoms with E-state index in [0.717, 1.165) is 25.9 Å². The first-order valence-electron chi connectivity index (χ1n) is 8.22. The van der Waals surface area contributed by atoms with Gasteiger partial charge in [0.1, 0.15) is 5.82 Å². The molecule has 0 spiro atoms. The highest BCUT2D eigenvalue weighted by molar-refractivity contribution is 7.89. The zero-order valence-electron chi connectivity index (χ0n) is 13.7. The van der Waals surface area contributed by atoms with Gasteiger partial charge in [0.25, 0.3) is 0 Å². The Morgan fingerprint density at radius 3 is 2.40 bits per heavy atom. The molecular weight excluding hydrogens is 363 g/mol. The molecule has 0 saturated carbocycles. The highest BCUT2D eigenvalue weighted by Crippen LogP contribution is 2.32. The lowest BCUT2D eigenvalue weighted by molar-refractivity contribution is 0.241. The van der Waals surface area contributed by atoms with Crippen molar-refractivity contribution in [3.63, 3.8) is 0 Å². The lowest BCUT2D eigenvalue weighted by Crippen LogP contribution is -2.37. The summed E-state index contributed by atoms with van der Waals surface area (Å²) in [5, 5.41) is 0.316. The van der Waals surface area contributed by atoms with Crippen molar-refractivity contribution in [2.75, 3.05) is 19.6 Å². The largest absolute Gasteiger partial charge is 0.295 e. The summed E-state index contributed by atoms with van der Waals surface area (Å²) in [6.07, 6.45) is 2.02. The van der Waals surface area contributed by atoms with Crippen molar-refractivity contribution in [3.8, 4) is 0 Å². The molecule has 0 unspecified atom stereocenters. The Hall–Kier alpha value is -1.47. The normalized spacial score (nSPS) is 16.9. The van der Waals surface area contributed by atoms with Crippen molar-refractivity contribution in [2.24, 2.45) is 0 Å². The van der Waals surface area contributed by atoms with Crippen LogP contribution in [0.3, 0.4) is 0 Å². The van der Waals surface area contributed by atoms with Gasteiger partial charge in [0, 0.05) is 17.1 Å². The molecule has 3 rings (SSSR count). The number of likely N-dealkylation sites (tertiary alicyclic amines) is 1. The molecule has 2 aromatic carbocycles. The van der Waals surface area contributed by atoms with Gasteiger partial charge in [-0.25, -0.2) is 17.5 Å². The molecule has 1 saturated heterocycles. The summed E-state index contributed by atoms with van der Waals surface area (Å²) in [6.45, 7) is 1.66. The Morgan fingerprint density at radius 2 is 1.76 bits per heavy atom. The monoisotopic (exact) mass is 382 g/mol. The third kappa shape index (κ3) is 4.20. The maximum atomic E-state index is 14.4. The smallest absolute Gasteiger partial charge is 0.240 e. The van der Waals surface area contributed by atoms with Crippen LogP contribution in [-0.4, -0.2) is 33.0 Å². The molecule has 2 aromatic rings. The third-order valence-electron chi connectivity index (χ3n) is 4.43. The van der Waals surface area contributed by atoms with E-state index in [1.54, 1.807) is 30.3 Å². The Labute approximate surface area is 152 Å². The predicted molar refractivity (Wildman–Crippen MR) is 96.6 cm³/mol. The maximum absolute atomic E-state index is 14.4. The van der Waals surface area contributed by atoms with Gasteiger partial charge in [-0.15, -0.1) is 0 Å². The average molecular weight is 383 g/mol. The molecule has 0 bridgehead atoms. The van der Waals surface area contributed by atoms with Gasteiger partial charge in [0.2, 0.25) is 10.0 Å². The molecule has 0 amide bonds. The summed E-state index contributed by atoms with van der Waals surface area (Å²) in [4.78, 5) is 2.27. The van der Waals surface area contributed by atoms with Gasteiger partial charge >= 0.3 is 0 Å². The molecule has 1 aliphatic rings. The minimum absolute atomic E-state index is 0.0673. The number of rotatable bonds is 6. The zero-order chi connectivity index (χ0) is 17.9. The highest BCUT2D eigenvalue weighted by Gasteiger charge is 2.29. The van der Waals surface area contributed by atoms with Crippen LogP contribution in [0.4, 0.5) is 4.39 Å². The minimum Gasteiger partial charge on any atom is -0.295 e. The first-order chi connectivity index (χ1) is 12.0. The number of nitrogens with one attached hydrogen (secondary N) is 1. The molecule has 1 atom stereocenters. The summed E-state index contributed by atoms with van der Waals surface area (Å²) in [5.41, 5.74) is 0.349. The second kappa shape index (κ2) is 7.83. The van der Waals surface area contributed by atoms with E-state index >= 15 is 0 Å². The molecule has 4 nitrogen and oxygen atoms in total. The number of hydrogen-bond donors (Lipinski definition) is 1. The zero-order valence-corrected chi connectivity index (χ0v) is 15.2. The molecule has 0 aliphatic carbocycles. The molecule has 134 valence electrons. The quantitative estimate of drug-likeness (QED) is 0.830. The SMILES string of the molecule is O=S(=O)(NC[C@@H](c1c(F)cccc1Cl)N1CCCC1)c1ccccc1. The molecule has 7 heteroatoms. The molecule has 25 heavy (non-hydrogen) atoms. The molecule has 1 N–H and O–H groups in total. The molecule has 0 aromatic heterocycles. The predicted octanol–water partition coefficient (Wildman–Crippen LogP) is 3.59. The first kappa shape index (κ1) is 18.3. The second-order valence-electron chi connectivity index (χ2n) is 6.06. The van der Waals surface area contributed by atoms with Crippen molar-refractivity contribution in [2.45, 2.75) is 23.8 Å². The fourth-order valence-corrected chi connectivity index (χ4v) is 4.52. The van der Waals surface area contributed by atoms with Crippen LogP contribution in [0.5, 0.6) is 0 Å². The van der Waals surface area contributed by atoms with E-state index in [9.17, 15) is 12.8 Å². The van der Waals surface area contributed by atoms with E-state index in [1.165, 1.54) is 18.2 Å². The summed E-state index contributed by atoms with van der Waals surface area (Å²) in [5.74, 6) is -0.414. The lowest BCUT2D eigenvalue weighted by Gasteiger charge is -2.29. The van der Waals surface area contributed by atoms with Crippen LogP contribution in [0.25, 0.3) is 0 Å². The van der Waals surface area contributed by atoms with Gasteiger partial charge in [-0.2, -0.15) is 0 Å². The number of halogens is 2. The fraction of sp³-hybridized carbons (Fsp3) is 0.333. The van der Waals surface area contributed by atoms with Crippen molar-refractivity contribution in [1.29, 1.82) is 0 Å². The van der Waals surface area contributed by atoms with Gasteiger partial charge in [-0.05, 0) is 50.2 Å². The highest BCUT2D eigenvalue weighted by atomic mass is 35.5. The van der Waals surface area contributed by atoms with Crippen LogP contribution in [0.1, 0.15) is 24.4 Å². The molecular formula is C18H20ClFN2O2S. The summed E-state index contributed by atoms with van der Waals surface area (Å²) in [7, 11) is -3.66. The summed E-state index contributed by atoms with van der Waals surface area (Å²) < 4.78 is 42.0. The van der Waals surface area contributed by atoms with Gasteiger partial charge < -0.3 is 0 Å². The lowest BCUT2D eigenvalue weighted by atomic mass is 10.0. The van der Waals surface area contributed by atoms with Crippen molar-refractivity contribution in [3.05, 3.63) is 64.9 Å². The Morgan fingerprint density at radius 1 is 1.08 bits per heavy atom. The van der Waals surface area contributed by atoms with Crippen LogP contribution in [0, 0.1) is 5.82 Å². The molecule has 1 fully saturated rings. The van der Waals surface area contributed by atoms with Crippen LogP contribution in [-0.2, 0) is 10.0 Å². The van der Waals surface area contributed by atoms with Crippen molar-refractivity contribution >= 4 is 21.6 Å². The van der Waals surface area contributed by atoms with Gasteiger partial charge in [0.05, 0.1) is 10.9 Å². The van der Waals surface area contributed by atoms with Gasteiger partial charge in [-0.3, -0.25) is 4.90 Å². The Bertz CT molecular complexity index is 804. The number of hydrogen-bond acceptors (Lipinski definition) is 3. The van der Waals surface area contributed by atoms with Crippen LogP contribution >= 0.6 is 11.6 Å². The van der Waals surface area contributed by atoms with E-state index in [4.69, 9.17) is 11.6 Å². The number of benzene rings is 2. The fourth-order valence-electron chi connectivity index (χ4n) is 3.17. The van der Waals surface area contributed by atoms with Gasteiger partial charge in [0.15, 0.2) is 0 Å². The number of sulfonamides is 1. The summed E-state index contributed by atoms with van der Waals surface area (Å²) >= 11 is 6.23. The molecule has 1 aliphatic heterocycles. The number of nitrogens with zero attached hydrogens (tertiary/aromatic N) is 1. The third-order valence-corrected chi connectivity index (χ3v) is 6.20. The Balaban J connectivity index is 1.86. The molecule has 0 radical (unpaired) electrons. The first-order valence-corrected chi connectivity index (χ1v) is 10.1. The van der Waals surface area contributed by atoms with Crippen LogP contribution in [0.2, 0.25) is 5.02 Å². The van der Waals surface area contributed by atoms with E-state index < -0.39 is 21.9 Å². The van der Waals surface area contributed by atoms with Crippen LogP contribution < -0.4 is 4.72 Å². The van der Waals surface area contributed by atoms with E-state index in [-0.39, 0.29) is 11.4 Å². The summed E-state index contributed by atoms with van der Waals surface area (Å²) in [6, 6.07) is 12.3. The van der Waals surface area contributed by atoms with Crippen molar-refractivity contribution < 1.29 is 12.8 Å². The molecule has 1 heterocycles.